The van der Waals surface area contributed by atoms with Crippen LogP contribution in [0, 0.1) is 11.3 Å². The highest BCUT2D eigenvalue weighted by molar-refractivity contribution is 5.19. The largest absolute Gasteiger partial charge is 0.396 e. The molecule has 0 spiro atoms. The van der Waals surface area contributed by atoms with Crippen molar-refractivity contribution in [3.05, 3.63) is 35.9 Å². The lowest BCUT2D eigenvalue weighted by atomic mass is 9.94. The minimum absolute atomic E-state index is 0.319. The molecule has 2 N–H and O–H groups in total. The second kappa shape index (κ2) is 5.85. The Morgan fingerprint density at radius 1 is 1.22 bits per heavy atom. The topological polar surface area (TPSA) is 32.3 Å². The molecule has 1 aliphatic rings. The van der Waals surface area contributed by atoms with Crippen LogP contribution in [0.15, 0.2) is 30.3 Å². The number of nitrogens with one attached hydrogen (secondary N) is 1. The molecule has 0 radical (unpaired) electrons. The lowest BCUT2D eigenvalue weighted by Crippen LogP contribution is -2.31. The maximum Gasteiger partial charge on any atom is 0.0436 e. The van der Waals surface area contributed by atoms with Gasteiger partial charge in [0, 0.05) is 19.2 Å². The lowest BCUT2D eigenvalue weighted by molar-refractivity contribution is 0.238. The third kappa shape index (κ3) is 3.33. The first-order chi connectivity index (χ1) is 8.67. The van der Waals surface area contributed by atoms with Gasteiger partial charge in [-0.25, -0.2) is 0 Å². The zero-order valence-corrected chi connectivity index (χ0v) is 11.5. The van der Waals surface area contributed by atoms with Crippen molar-refractivity contribution in [3.8, 4) is 0 Å². The zero-order valence-electron chi connectivity index (χ0n) is 11.5. The summed E-state index contributed by atoms with van der Waals surface area (Å²) in [6, 6.07) is 11.1. The van der Waals surface area contributed by atoms with Crippen molar-refractivity contribution in [2.45, 2.75) is 39.2 Å². The van der Waals surface area contributed by atoms with Crippen LogP contribution in [0.5, 0.6) is 0 Å². The summed E-state index contributed by atoms with van der Waals surface area (Å²) in [5.74, 6) is 0.581. The van der Waals surface area contributed by atoms with E-state index in [1.165, 1.54) is 18.4 Å². The number of hydrogen-bond donors (Lipinski definition) is 2. The summed E-state index contributed by atoms with van der Waals surface area (Å²) in [5.41, 5.74) is 1.75. The second-order valence-electron chi connectivity index (χ2n) is 5.99. The Kier molecular flexibility index (Phi) is 4.41. The highest BCUT2D eigenvalue weighted by Gasteiger charge is 2.41. The van der Waals surface area contributed by atoms with Gasteiger partial charge in [0.05, 0.1) is 0 Å². The van der Waals surface area contributed by atoms with Gasteiger partial charge in [-0.15, -0.1) is 0 Å². The Labute approximate surface area is 110 Å². The van der Waals surface area contributed by atoms with Gasteiger partial charge in [0.15, 0.2) is 0 Å². The average molecular weight is 247 g/mol. The molecule has 18 heavy (non-hydrogen) atoms. The molecule has 1 saturated carbocycles. The molecule has 1 fully saturated rings. The maximum atomic E-state index is 9.11. The van der Waals surface area contributed by atoms with E-state index in [9.17, 15) is 0 Å². The summed E-state index contributed by atoms with van der Waals surface area (Å²) < 4.78 is 0. The average Bonchev–Trinajstić information content (AvgIpc) is 3.11. The fraction of sp³-hybridized carbons (Fsp3) is 0.625. The molecule has 0 amide bonds. The highest BCUT2D eigenvalue weighted by atomic mass is 16.3. The monoisotopic (exact) mass is 247 g/mol. The van der Waals surface area contributed by atoms with Gasteiger partial charge >= 0.3 is 0 Å². The first-order valence-corrected chi connectivity index (χ1v) is 7.06. The summed E-state index contributed by atoms with van der Waals surface area (Å²) in [7, 11) is 0. The fourth-order valence-corrected chi connectivity index (χ4v) is 2.65. The number of hydrogen-bond acceptors (Lipinski definition) is 2. The molecule has 2 nitrogen and oxygen atoms in total. The van der Waals surface area contributed by atoms with E-state index in [0.29, 0.717) is 24.0 Å². The van der Waals surface area contributed by atoms with Gasteiger partial charge in [-0.3, -0.25) is 0 Å². The van der Waals surface area contributed by atoms with E-state index in [0.717, 1.165) is 13.0 Å². The molecule has 1 atom stereocenters. The van der Waals surface area contributed by atoms with Crippen LogP contribution in [0.1, 0.15) is 44.7 Å². The quantitative estimate of drug-likeness (QED) is 0.776. The summed E-state index contributed by atoms with van der Waals surface area (Å²) >= 11 is 0. The molecule has 1 aromatic carbocycles. The molecule has 0 aliphatic heterocycles. The molecule has 0 saturated heterocycles. The maximum absolute atomic E-state index is 9.11. The molecule has 0 aromatic heterocycles. The molecule has 100 valence electrons. The van der Waals surface area contributed by atoms with Crippen molar-refractivity contribution in [2.24, 2.45) is 11.3 Å². The number of aliphatic hydroxyl groups is 1. The normalized spacial score (nSPS) is 18.9. The van der Waals surface area contributed by atoms with Crippen molar-refractivity contribution >= 4 is 0 Å². The Morgan fingerprint density at radius 3 is 2.39 bits per heavy atom. The Balaban J connectivity index is 1.96. The van der Waals surface area contributed by atoms with Crippen LogP contribution in [0.4, 0.5) is 0 Å². The van der Waals surface area contributed by atoms with Crippen LogP contribution in [-0.4, -0.2) is 18.3 Å². The molecule has 2 heteroatoms. The van der Waals surface area contributed by atoms with Crippen molar-refractivity contribution in [2.75, 3.05) is 13.2 Å². The van der Waals surface area contributed by atoms with Crippen molar-refractivity contribution < 1.29 is 5.11 Å². The third-order valence-corrected chi connectivity index (χ3v) is 4.12. The highest BCUT2D eigenvalue weighted by Crippen LogP contribution is 2.48. The van der Waals surface area contributed by atoms with Gasteiger partial charge in [0.1, 0.15) is 0 Å². The van der Waals surface area contributed by atoms with Gasteiger partial charge < -0.3 is 10.4 Å². The van der Waals surface area contributed by atoms with Gasteiger partial charge in [0.25, 0.3) is 0 Å². The number of rotatable bonds is 7. The van der Waals surface area contributed by atoms with E-state index in [1.54, 1.807) is 0 Å². The summed E-state index contributed by atoms with van der Waals surface area (Å²) in [6.45, 7) is 5.87. The first kappa shape index (κ1) is 13.6. The Bertz CT molecular complexity index is 357. The SMILES string of the molecule is CC(C)C(NCC1(CCO)CC1)c1ccccc1. The minimum Gasteiger partial charge on any atom is -0.396 e. The molecule has 0 heterocycles. The van der Waals surface area contributed by atoms with Crippen LogP contribution < -0.4 is 5.32 Å². The molecule has 2 rings (SSSR count). The van der Waals surface area contributed by atoms with Crippen molar-refractivity contribution in [3.63, 3.8) is 0 Å². The predicted octanol–water partition coefficient (Wildman–Crippen LogP) is 3.14. The van der Waals surface area contributed by atoms with Gasteiger partial charge in [0.2, 0.25) is 0 Å². The van der Waals surface area contributed by atoms with Crippen LogP contribution in [0.25, 0.3) is 0 Å². The van der Waals surface area contributed by atoms with Crippen LogP contribution in [0.2, 0.25) is 0 Å². The van der Waals surface area contributed by atoms with Crippen LogP contribution >= 0.6 is 0 Å². The Morgan fingerprint density at radius 2 is 1.89 bits per heavy atom. The van der Waals surface area contributed by atoms with Gasteiger partial charge in [-0.1, -0.05) is 44.2 Å². The zero-order chi connectivity index (χ0) is 13.0. The number of aliphatic hydroxyl groups excluding tert-OH is 1. The Hall–Kier alpha value is -0.860. The van der Waals surface area contributed by atoms with Crippen LogP contribution in [-0.2, 0) is 0 Å². The molecule has 1 unspecified atom stereocenters. The van der Waals surface area contributed by atoms with Crippen molar-refractivity contribution in [1.82, 2.24) is 5.32 Å². The fourth-order valence-electron chi connectivity index (χ4n) is 2.65. The molecular weight excluding hydrogens is 222 g/mol. The summed E-state index contributed by atoms with van der Waals surface area (Å²) in [6.07, 6.45) is 3.47. The lowest BCUT2D eigenvalue weighted by Gasteiger charge is -2.26. The number of benzene rings is 1. The minimum atomic E-state index is 0.319. The van der Waals surface area contributed by atoms with Crippen molar-refractivity contribution in [1.29, 1.82) is 0 Å². The molecule has 1 aliphatic carbocycles. The van der Waals surface area contributed by atoms with Crippen LogP contribution in [0.3, 0.4) is 0 Å². The second-order valence-corrected chi connectivity index (χ2v) is 5.99. The summed E-state index contributed by atoms with van der Waals surface area (Å²) in [4.78, 5) is 0. The van der Waals surface area contributed by atoms with E-state index in [4.69, 9.17) is 5.11 Å². The van der Waals surface area contributed by atoms with E-state index in [1.807, 2.05) is 0 Å². The first-order valence-electron chi connectivity index (χ1n) is 7.06. The van der Waals surface area contributed by atoms with E-state index < -0.39 is 0 Å². The standard InChI is InChI=1S/C16H25NO/c1-13(2)15(14-6-4-3-5-7-14)17-12-16(8-9-16)10-11-18/h3-7,13,15,17-18H,8-12H2,1-2H3. The molecule has 0 bridgehead atoms. The molecular formula is C16H25NO. The summed E-state index contributed by atoms with van der Waals surface area (Å²) in [5, 5.41) is 12.8. The van der Waals surface area contributed by atoms with E-state index in [2.05, 4.69) is 49.5 Å². The molecule has 1 aromatic rings. The van der Waals surface area contributed by atoms with E-state index >= 15 is 0 Å². The van der Waals surface area contributed by atoms with Gasteiger partial charge in [-0.2, -0.15) is 0 Å². The predicted molar refractivity (Wildman–Crippen MR) is 75.4 cm³/mol. The van der Waals surface area contributed by atoms with E-state index in [-0.39, 0.29) is 0 Å². The smallest absolute Gasteiger partial charge is 0.0436 e. The van der Waals surface area contributed by atoms with Gasteiger partial charge in [-0.05, 0) is 36.2 Å². The third-order valence-electron chi connectivity index (χ3n) is 4.12.